The summed E-state index contributed by atoms with van der Waals surface area (Å²) in [5.41, 5.74) is 1.63. The largest absolute Gasteiger partial charge is 0.354 e. The normalized spacial score (nSPS) is 19.1. The maximum atomic E-state index is 12.9. The molecule has 2 aromatic rings. The summed E-state index contributed by atoms with van der Waals surface area (Å²) in [6.07, 6.45) is 3.37. The molecule has 2 heterocycles. The van der Waals surface area contributed by atoms with E-state index in [1.807, 2.05) is 24.3 Å². The summed E-state index contributed by atoms with van der Waals surface area (Å²) >= 11 is 0. The Bertz CT molecular complexity index is 1080. The van der Waals surface area contributed by atoms with Gasteiger partial charge in [0.1, 0.15) is 0 Å². The van der Waals surface area contributed by atoms with E-state index in [0.717, 1.165) is 13.1 Å². The molecule has 0 saturated carbocycles. The van der Waals surface area contributed by atoms with Crippen molar-refractivity contribution < 1.29 is 13.2 Å². The second-order valence-corrected chi connectivity index (χ2v) is 10.7. The van der Waals surface area contributed by atoms with Crippen LogP contribution in [0.2, 0.25) is 0 Å². The molecule has 174 valence electrons. The molecule has 1 amide bonds. The molecule has 7 nitrogen and oxygen atoms in total. The van der Waals surface area contributed by atoms with Crippen molar-refractivity contribution in [1.82, 2.24) is 14.5 Å². The van der Waals surface area contributed by atoms with Gasteiger partial charge >= 0.3 is 0 Å². The second-order valence-electron chi connectivity index (χ2n) is 8.73. The summed E-state index contributed by atoms with van der Waals surface area (Å²) in [5, 5.41) is 12.1. The highest BCUT2D eigenvalue weighted by molar-refractivity contribution is 7.89. The van der Waals surface area contributed by atoms with Crippen molar-refractivity contribution in [2.45, 2.75) is 36.6 Å². The number of nitrogens with zero attached hydrogens (tertiary/aromatic N) is 3. The summed E-state index contributed by atoms with van der Waals surface area (Å²) in [6, 6.07) is 18.4. The number of likely N-dealkylation sites (tertiary alicyclic amines) is 1. The molecule has 0 aliphatic carbocycles. The number of amides is 1. The number of piperidine rings is 1. The average Bonchev–Trinajstić information content (AvgIpc) is 3.39. The highest BCUT2D eigenvalue weighted by atomic mass is 32.2. The van der Waals surface area contributed by atoms with Crippen molar-refractivity contribution in [3.05, 3.63) is 65.7 Å². The molecule has 1 atom stereocenters. The maximum absolute atomic E-state index is 12.9. The average molecular weight is 467 g/mol. The number of sulfonamides is 1. The molecule has 2 fully saturated rings. The first kappa shape index (κ1) is 23.4. The topological polar surface area (TPSA) is 93.5 Å². The third kappa shape index (κ3) is 5.44. The van der Waals surface area contributed by atoms with Crippen LogP contribution < -0.4 is 5.32 Å². The maximum Gasteiger partial charge on any atom is 0.243 e. The molecule has 0 bridgehead atoms. The van der Waals surface area contributed by atoms with Crippen LogP contribution in [0.5, 0.6) is 0 Å². The van der Waals surface area contributed by atoms with Crippen molar-refractivity contribution in [2.24, 2.45) is 5.92 Å². The van der Waals surface area contributed by atoms with Gasteiger partial charge in [0, 0.05) is 25.6 Å². The van der Waals surface area contributed by atoms with Crippen molar-refractivity contribution >= 4 is 15.9 Å². The number of carbonyl (C=O) groups is 1. The SMILES string of the molecule is N#Cc1ccc(S(=O)(=O)N2CCC(C(=O)NC[C@@H](c3ccccc3)N3CCCC3)CC2)cc1. The lowest BCUT2D eigenvalue weighted by molar-refractivity contribution is -0.126. The summed E-state index contributed by atoms with van der Waals surface area (Å²) in [5.74, 6) is -0.182. The summed E-state index contributed by atoms with van der Waals surface area (Å²) < 4.78 is 27.3. The Hall–Kier alpha value is -2.73. The Morgan fingerprint density at radius 3 is 2.24 bits per heavy atom. The molecular formula is C25H30N4O3S. The number of benzene rings is 2. The fraction of sp³-hybridized carbons (Fsp3) is 0.440. The zero-order chi connectivity index (χ0) is 23.3. The van der Waals surface area contributed by atoms with Gasteiger partial charge in [-0.2, -0.15) is 9.57 Å². The lowest BCUT2D eigenvalue weighted by atomic mass is 9.97. The van der Waals surface area contributed by atoms with Crippen molar-refractivity contribution in [3.8, 4) is 6.07 Å². The van der Waals surface area contributed by atoms with Crippen LogP contribution in [0.3, 0.4) is 0 Å². The Labute approximate surface area is 196 Å². The zero-order valence-corrected chi connectivity index (χ0v) is 19.5. The highest BCUT2D eigenvalue weighted by Crippen LogP contribution is 2.26. The lowest BCUT2D eigenvalue weighted by Crippen LogP contribution is -2.44. The van der Waals surface area contributed by atoms with Crippen molar-refractivity contribution in [3.63, 3.8) is 0 Å². The highest BCUT2D eigenvalue weighted by Gasteiger charge is 2.32. The van der Waals surface area contributed by atoms with Crippen LogP contribution in [0.1, 0.15) is 42.9 Å². The number of nitriles is 1. The third-order valence-corrected chi connectivity index (χ3v) is 8.59. The lowest BCUT2D eigenvalue weighted by Gasteiger charge is -2.32. The quantitative estimate of drug-likeness (QED) is 0.677. The minimum absolute atomic E-state index is 0.00514. The van der Waals surface area contributed by atoms with Gasteiger partial charge in [0.05, 0.1) is 22.6 Å². The van der Waals surface area contributed by atoms with Gasteiger partial charge in [-0.1, -0.05) is 30.3 Å². The summed E-state index contributed by atoms with van der Waals surface area (Å²) in [6.45, 7) is 3.28. The van der Waals surface area contributed by atoms with E-state index in [4.69, 9.17) is 5.26 Å². The number of hydrogen-bond donors (Lipinski definition) is 1. The number of hydrogen-bond acceptors (Lipinski definition) is 5. The van der Waals surface area contributed by atoms with Crippen LogP contribution in [0, 0.1) is 17.2 Å². The van der Waals surface area contributed by atoms with E-state index >= 15 is 0 Å². The standard InChI is InChI=1S/C25H30N4O3S/c26-18-20-8-10-23(11-9-20)33(31,32)29-16-12-22(13-17-29)25(30)27-19-24(28-14-4-5-15-28)21-6-2-1-3-7-21/h1-3,6-11,22,24H,4-5,12-17,19H2,(H,27,30)/t24-/m0/s1. The molecule has 8 heteroatoms. The van der Waals surface area contributed by atoms with Gasteiger partial charge in [-0.15, -0.1) is 0 Å². The van der Waals surface area contributed by atoms with Crippen LogP contribution in [0.4, 0.5) is 0 Å². The molecule has 33 heavy (non-hydrogen) atoms. The first-order chi connectivity index (χ1) is 16.0. The molecule has 2 aliphatic heterocycles. The number of rotatable bonds is 7. The van der Waals surface area contributed by atoms with Crippen molar-refractivity contribution in [2.75, 3.05) is 32.7 Å². The van der Waals surface area contributed by atoms with E-state index in [1.165, 1.54) is 47.0 Å². The van der Waals surface area contributed by atoms with Crippen LogP contribution in [0.25, 0.3) is 0 Å². The number of carbonyl (C=O) groups excluding carboxylic acids is 1. The van der Waals surface area contributed by atoms with Gasteiger partial charge < -0.3 is 5.32 Å². The van der Waals surface area contributed by atoms with Crippen LogP contribution in [-0.4, -0.2) is 56.3 Å². The Morgan fingerprint density at radius 1 is 1.00 bits per heavy atom. The first-order valence-electron chi connectivity index (χ1n) is 11.6. The Balaban J connectivity index is 1.33. The third-order valence-electron chi connectivity index (χ3n) is 6.68. The van der Waals surface area contributed by atoms with Crippen LogP contribution in [-0.2, 0) is 14.8 Å². The molecule has 2 aromatic carbocycles. The van der Waals surface area contributed by atoms with Gasteiger partial charge in [-0.3, -0.25) is 9.69 Å². The van der Waals surface area contributed by atoms with Crippen molar-refractivity contribution in [1.29, 1.82) is 5.26 Å². The zero-order valence-electron chi connectivity index (χ0n) is 18.7. The van der Waals surface area contributed by atoms with Gasteiger partial charge in [-0.05, 0) is 68.6 Å². The predicted molar refractivity (Wildman–Crippen MR) is 126 cm³/mol. The fourth-order valence-electron chi connectivity index (χ4n) is 4.74. The van der Waals surface area contributed by atoms with Crippen LogP contribution in [0.15, 0.2) is 59.5 Å². The first-order valence-corrected chi connectivity index (χ1v) is 13.0. The van der Waals surface area contributed by atoms with E-state index in [9.17, 15) is 13.2 Å². The van der Waals surface area contributed by atoms with E-state index in [2.05, 4.69) is 22.3 Å². The van der Waals surface area contributed by atoms with E-state index < -0.39 is 10.0 Å². The molecule has 4 rings (SSSR count). The van der Waals surface area contributed by atoms with E-state index in [-0.39, 0.29) is 22.8 Å². The number of nitrogens with one attached hydrogen (secondary N) is 1. The molecule has 0 spiro atoms. The van der Waals surface area contributed by atoms with Gasteiger partial charge in [0.15, 0.2) is 0 Å². The van der Waals surface area contributed by atoms with Crippen LogP contribution >= 0.6 is 0 Å². The molecule has 1 N–H and O–H groups in total. The van der Waals surface area contributed by atoms with E-state index in [0.29, 0.717) is 38.0 Å². The van der Waals surface area contributed by atoms with E-state index in [1.54, 1.807) is 0 Å². The molecule has 0 unspecified atom stereocenters. The smallest absolute Gasteiger partial charge is 0.243 e. The molecule has 0 radical (unpaired) electrons. The summed E-state index contributed by atoms with van der Waals surface area (Å²) in [4.78, 5) is 15.5. The molecular weight excluding hydrogens is 436 g/mol. The fourth-order valence-corrected chi connectivity index (χ4v) is 6.21. The minimum atomic E-state index is -3.62. The van der Waals surface area contributed by atoms with Gasteiger partial charge in [0.2, 0.25) is 15.9 Å². The molecule has 2 saturated heterocycles. The minimum Gasteiger partial charge on any atom is -0.354 e. The van der Waals surface area contributed by atoms with Gasteiger partial charge in [0.25, 0.3) is 0 Å². The predicted octanol–water partition coefficient (Wildman–Crippen LogP) is 2.91. The molecule has 2 aliphatic rings. The second kappa shape index (κ2) is 10.5. The summed E-state index contributed by atoms with van der Waals surface area (Å²) in [7, 11) is -3.62. The Kier molecular flexibility index (Phi) is 7.43. The Morgan fingerprint density at radius 2 is 1.64 bits per heavy atom. The molecule has 0 aromatic heterocycles. The monoisotopic (exact) mass is 466 g/mol. The van der Waals surface area contributed by atoms with Gasteiger partial charge in [-0.25, -0.2) is 8.42 Å².